The van der Waals surface area contributed by atoms with Crippen molar-refractivity contribution in [1.29, 1.82) is 0 Å². The van der Waals surface area contributed by atoms with E-state index in [9.17, 15) is 0 Å². The highest BCUT2D eigenvalue weighted by atomic mass is 35.5. The molecule has 0 spiro atoms. The lowest BCUT2D eigenvalue weighted by Gasteiger charge is -2.08. The molecule has 0 aromatic heterocycles. The maximum absolute atomic E-state index is 5.99. The molecule has 0 aliphatic heterocycles. The van der Waals surface area contributed by atoms with E-state index in [4.69, 9.17) is 33.7 Å². The Morgan fingerprint density at radius 3 is 2.35 bits per heavy atom. The summed E-state index contributed by atoms with van der Waals surface area (Å²) in [6, 6.07) is 12.7. The molecular weight excluding hydrogens is 257 g/mol. The third-order valence-electron chi connectivity index (χ3n) is 2.27. The average Bonchev–Trinajstić information content (AvgIpc) is 2.30. The van der Waals surface area contributed by atoms with Crippen LogP contribution >= 0.6 is 23.2 Å². The monoisotopic (exact) mass is 267 g/mol. The van der Waals surface area contributed by atoms with E-state index in [0.29, 0.717) is 22.4 Å². The highest BCUT2D eigenvalue weighted by Crippen LogP contribution is 2.28. The number of benzene rings is 2. The summed E-state index contributed by atoms with van der Waals surface area (Å²) in [4.78, 5) is 0. The molecule has 2 aromatic rings. The van der Waals surface area contributed by atoms with Crippen molar-refractivity contribution >= 4 is 28.9 Å². The van der Waals surface area contributed by atoms with Gasteiger partial charge in [0.1, 0.15) is 12.4 Å². The molecule has 0 amide bonds. The first-order chi connectivity index (χ1) is 8.15. The Labute approximate surface area is 110 Å². The van der Waals surface area contributed by atoms with Crippen LogP contribution in [0, 0.1) is 0 Å². The van der Waals surface area contributed by atoms with Gasteiger partial charge in [0.15, 0.2) is 0 Å². The van der Waals surface area contributed by atoms with Crippen LogP contribution in [-0.2, 0) is 6.61 Å². The largest absolute Gasteiger partial charge is 0.487 e. The predicted molar refractivity (Wildman–Crippen MR) is 71.6 cm³/mol. The minimum Gasteiger partial charge on any atom is -0.487 e. The van der Waals surface area contributed by atoms with Crippen LogP contribution in [0.5, 0.6) is 5.75 Å². The molecule has 0 fully saturated rings. The third kappa shape index (κ3) is 3.29. The van der Waals surface area contributed by atoms with Crippen LogP contribution in [0.3, 0.4) is 0 Å². The molecule has 0 radical (unpaired) electrons. The van der Waals surface area contributed by atoms with E-state index in [-0.39, 0.29) is 0 Å². The lowest BCUT2D eigenvalue weighted by atomic mass is 10.2. The van der Waals surface area contributed by atoms with Crippen LogP contribution in [0.25, 0.3) is 0 Å². The van der Waals surface area contributed by atoms with Crippen LogP contribution in [0.2, 0.25) is 10.0 Å². The van der Waals surface area contributed by atoms with Gasteiger partial charge >= 0.3 is 0 Å². The van der Waals surface area contributed by atoms with Crippen molar-refractivity contribution < 1.29 is 4.74 Å². The van der Waals surface area contributed by atoms with Gasteiger partial charge in [-0.1, -0.05) is 35.3 Å². The molecule has 88 valence electrons. The van der Waals surface area contributed by atoms with Gasteiger partial charge < -0.3 is 10.5 Å². The molecule has 2 N–H and O–H groups in total. The summed E-state index contributed by atoms with van der Waals surface area (Å²) in [5.74, 6) is 0.618. The first-order valence-electron chi connectivity index (χ1n) is 5.07. The molecule has 0 aliphatic rings. The van der Waals surface area contributed by atoms with Crippen LogP contribution in [0.1, 0.15) is 5.56 Å². The minimum absolute atomic E-state index is 0.446. The smallest absolute Gasteiger partial charge is 0.138 e. The second-order valence-electron chi connectivity index (χ2n) is 3.61. The second kappa shape index (κ2) is 5.30. The highest BCUT2D eigenvalue weighted by molar-refractivity contribution is 6.35. The number of ether oxygens (including phenoxy) is 1. The van der Waals surface area contributed by atoms with E-state index < -0.39 is 0 Å². The molecular formula is C13H11Cl2NO. The SMILES string of the molecule is Nc1ccc(COc2ccc(Cl)cc2Cl)cc1. The lowest BCUT2D eigenvalue weighted by molar-refractivity contribution is 0.306. The summed E-state index contributed by atoms with van der Waals surface area (Å²) in [5, 5.41) is 1.10. The third-order valence-corrected chi connectivity index (χ3v) is 2.80. The second-order valence-corrected chi connectivity index (χ2v) is 4.45. The van der Waals surface area contributed by atoms with Crippen molar-refractivity contribution in [3.05, 3.63) is 58.1 Å². The standard InChI is InChI=1S/C13H11Cl2NO/c14-10-3-6-13(12(15)7-10)17-8-9-1-4-11(16)5-2-9/h1-7H,8,16H2. The van der Waals surface area contributed by atoms with E-state index in [1.165, 1.54) is 0 Å². The molecule has 0 aliphatic carbocycles. The Bertz CT molecular complexity index is 511. The Balaban J connectivity index is 2.04. The molecule has 0 saturated carbocycles. The fourth-order valence-electron chi connectivity index (χ4n) is 1.37. The van der Waals surface area contributed by atoms with E-state index in [2.05, 4.69) is 0 Å². The Kier molecular flexibility index (Phi) is 3.77. The zero-order valence-electron chi connectivity index (χ0n) is 8.99. The van der Waals surface area contributed by atoms with Gasteiger partial charge in [-0.2, -0.15) is 0 Å². The van der Waals surface area contributed by atoms with Crippen molar-refractivity contribution in [2.45, 2.75) is 6.61 Å². The van der Waals surface area contributed by atoms with Crippen LogP contribution in [0.15, 0.2) is 42.5 Å². The maximum Gasteiger partial charge on any atom is 0.138 e. The van der Waals surface area contributed by atoms with Crippen molar-refractivity contribution in [3.8, 4) is 5.75 Å². The van der Waals surface area contributed by atoms with Crippen molar-refractivity contribution in [3.63, 3.8) is 0 Å². The Morgan fingerprint density at radius 1 is 1.00 bits per heavy atom. The van der Waals surface area contributed by atoms with E-state index >= 15 is 0 Å². The Morgan fingerprint density at radius 2 is 1.71 bits per heavy atom. The van der Waals surface area contributed by atoms with Gasteiger partial charge in [0.05, 0.1) is 5.02 Å². The van der Waals surface area contributed by atoms with Gasteiger partial charge in [0.2, 0.25) is 0 Å². The summed E-state index contributed by atoms with van der Waals surface area (Å²) in [5.41, 5.74) is 7.37. The van der Waals surface area contributed by atoms with E-state index in [1.807, 2.05) is 24.3 Å². The maximum atomic E-state index is 5.99. The molecule has 0 unspecified atom stereocenters. The molecule has 0 saturated heterocycles. The summed E-state index contributed by atoms with van der Waals surface area (Å²) >= 11 is 11.8. The molecule has 0 heterocycles. The van der Waals surface area contributed by atoms with Crippen molar-refractivity contribution in [1.82, 2.24) is 0 Å². The van der Waals surface area contributed by atoms with Gasteiger partial charge in [0, 0.05) is 10.7 Å². The minimum atomic E-state index is 0.446. The van der Waals surface area contributed by atoms with Gasteiger partial charge in [-0.3, -0.25) is 0 Å². The summed E-state index contributed by atoms with van der Waals surface area (Å²) in [7, 11) is 0. The molecule has 2 nitrogen and oxygen atoms in total. The molecule has 0 bridgehead atoms. The summed E-state index contributed by atoms with van der Waals surface area (Å²) in [6.07, 6.45) is 0. The van der Waals surface area contributed by atoms with Gasteiger partial charge in [0.25, 0.3) is 0 Å². The topological polar surface area (TPSA) is 35.2 Å². The zero-order valence-corrected chi connectivity index (χ0v) is 10.5. The molecule has 17 heavy (non-hydrogen) atoms. The average molecular weight is 268 g/mol. The zero-order chi connectivity index (χ0) is 12.3. The first-order valence-corrected chi connectivity index (χ1v) is 5.83. The lowest BCUT2D eigenvalue weighted by Crippen LogP contribution is -1.96. The number of nitrogen functional groups attached to an aromatic ring is 1. The van der Waals surface area contributed by atoms with Crippen LogP contribution < -0.4 is 10.5 Å². The van der Waals surface area contributed by atoms with Gasteiger partial charge in [-0.25, -0.2) is 0 Å². The van der Waals surface area contributed by atoms with Crippen LogP contribution in [0.4, 0.5) is 5.69 Å². The molecule has 4 heteroatoms. The quantitative estimate of drug-likeness (QED) is 0.848. The number of hydrogen-bond donors (Lipinski definition) is 1. The van der Waals surface area contributed by atoms with Gasteiger partial charge in [-0.05, 0) is 35.9 Å². The van der Waals surface area contributed by atoms with E-state index in [1.54, 1.807) is 18.2 Å². The fourth-order valence-corrected chi connectivity index (χ4v) is 1.83. The molecule has 2 aromatic carbocycles. The first kappa shape index (κ1) is 12.1. The van der Waals surface area contributed by atoms with Gasteiger partial charge in [-0.15, -0.1) is 0 Å². The summed E-state index contributed by atoms with van der Waals surface area (Å²) < 4.78 is 5.59. The molecule has 2 rings (SSSR count). The number of rotatable bonds is 3. The van der Waals surface area contributed by atoms with E-state index in [0.717, 1.165) is 11.3 Å². The molecule has 0 atom stereocenters. The normalized spacial score (nSPS) is 10.2. The van der Waals surface area contributed by atoms with Crippen molar-refractivity contribution in [2.24, 2.45) is 0 Å². The fraction of sp³-hybridized carbons (Fsp3) is 0.0769. The number of hydrogen-bond acceptors (Lipinski definition) is 2. The summed E-state index contributed by atoms with van der Waals surface area (Å²) in [6.45, 7) is 0.446. The number of nitrogens with two attached hydrogens (primary N) is 1. The number of anilines is 1. The van der Waals surface area contributed by atoms with Crippen LogP contribution in [-0.4, -0.2) is 0 Å². The van der Waals surface area contributed by atoms with Crippen molar-refractivity contribution in [2.75, 3.05) is 5.73 Å². The predicted octanol–water partition coefficient (Wildman–Crippen LogP) is 4.15. The highest BCUT2D eigenvalue weighted by Gasteiger charge is 2.02. The Hall–Kier alpha value is -1.38. The number of halogens is 2.